The number of halogens is 1. The highest BCUT2D eigenvalue weighted by atomic mass is 35.5. The smallest absolute Gasteiger partial charge is 0.241 e. The van der Waals surface area contributed by atoms with Crippen LogP contribution in [0.1, 0.15) is 33.6 Å². The van der Waals surface area contributed by atoms with Gasteiger partial charge in [-0.1, -0.05) is 13.8 Å². The van der Waals surface area contributed by atoms with Crippen LogP contribution >= 0.6 is 12.4 Å². The second-order valence-electron chi connectivity index (χ2n) is 6.63. The first-order valence-corrected chi connectivity index (χ1v) is 9.38. The highest BCUT2D eigenvalue weighted by molar-refractivity contribution is 7.89. The minimum absolute atomic E-state index is 0. The molecule has 8 heteroatoms. The minimum atomic E-state index is -3.69. The van der Waals surface area contributed by atoms with E-state index in [1.807, 2.05) is 20.8 Å². The van der Waals surface area contributed by atoms with Crippen LogP contribution in [0.15, 0.2) is 23.1 Å². The molecular formula is C16H27ClN2O4S. The molecule has 1 aliphatic heterocycles. The van der Waals surface area contributed by atoms with Gasteiger partial charge in [0.25, 0.3) is 0 Å². The van der Waals surface area contributed by atoms with E-state index >= 15 is 0 Å². The zero-order valence-electron chi connectivity index (χ0n) is 14.4. The maximum atomic E-state index is 12.7. The summed E-state index contributed by atoms with van der Waals surface area (Å²) in [4.78, 5) is 0.158. The van der Waals surface area contributed by atoms with Gasteiger partial charge in [-0.15, -0.1) is 12.4 Å². The SMILES string of the molecule is CC(C)CC(C)(CN)NS(=O)(=O)c1ccc2c(c1)OCCCO2.Cl. The first kappa shape index (κ1) is 21.0. The molecule has 1 aliphatic rings. The van der Waals surface area contributed by atoms with Crippen molar-refractivity contribution >= 4 is 22.4 Å². The molecule has 1 heterocycles. The molecule has 0 aliphatic carbocycles. The van der Waals surface area contributed by atoms with Gasteiger partial charge in [-0.3, -0.25) is 0 Å². The number of ether oxygens (including phenoxy) is 2. The van der Waals surface area contributed by atoms with Gasteiger partial charge < -0.3 is 15.2 Å². The molecule has 0 spiro atoms. The van der Waals surface area contributed by atoms with Crippen molar-refractivity contribution in [2.75, 3.05) is 19.8 Å². The van der Waals surface area contributed by atoms with Gasteiger partial charge in [0, 0.05) is 24.6 Å². The van der Waals surface area contributed by atoms with Crippen molar-refractivity contribution in [3.8, 4) is 11.5 Å². The number of fused-ring (bicyclic) bond motifs is 1. The summed E-state index contributed by atoms with van der Waals surface area (Å²) in [6.45, 7) is 7.21. The molecule has 0 bridgehead atoms. The molecule has 0 amide bonds. The number of rotatable bonds is 6. The van der Waals surface area contributed by atoms with Gasteiger partial charge in [0.05, 0.1) is 18.1 Å². The summed E-state index contributed by atoms with van der Waals surface area (Å²) >= 11 is 0. The van der Waals surface area contributed by atoms with Crippen molar-refractivity contribution in [1.82, 2.24) is 4.72 Å². The maximum absolute atomic E-state index is 12.7. The van der Waals surface area contributed by atoms with E-state index < -0.39 is 15.6 Å². The molecule has 0 aromatic heterocycles. The zero-order valence-corrected chi connectivity index (χ0v) is 16.0. The Bertz CT molecular complexity index is 651. The Kier molecular flexibility index (Phi) is 7.34. The van der Waals surface area contributed by atoms with Crippen LogP contribution in [-0.4, -0.2) is 33.7 Å². The molecule has 6 nitrogen and oxygen atoms in total. The number of nitrogens with one attached hydrogen (secondary N) is 1. The number of sulfonamides is 1. The summed E-state index contributed by atoms with van der Waals surface area (Å²) in [6, 6.07) is 4.68. The van der Waals surface area contributed by atoms with Gasteiger partial charge in [0.15, 0.2) is 11.5 Å². The average molecular weight is 379 g/mol. The fourth-order valence-electron chi connectivity index (χ4n) is 2.76. The molecule has 2 rings (SSSR count). The molecule has 1 unspecified atom stereocenters. The van der Waals surface area contributed by atoms with Gasteiger partial charge in [0.2, 0.25) is 10.0 Å². The van der Waals surface area contributed by atoms with E-state index in [4.69, 9.17) is 15.2 Å². The number of nitrogens with two attached hydrogens (primary N) is 1. The largest absolute Gasteiger partial charge is 0.490 e. The van der Waals surface area contributed by atoms with Gasteiger partial charge in [0.1, 0.15) is 0 Å². The Balaban J connectivity index is 0.00000288. The summed E-state index contributed by atoms with van der Waals surface area (Å²) in [7, 11) is -3.69. The third kappa shape index (κ3) is 5.24. The van der Waals surface area contributed by atoms with Crippen LogP contribution in [0.4, 0.5) is 0 Å². The quantitative estimate of drug-likeness (QED) is 0.792. The van der Waals surface area contributed by atoms with Gasteiger partial charge in [-0.2, -0.15) is 0 Å². The second-order valence-corrected chi connectivity index (χ2v) is 8.31. The Hall–Kier alpha value is -1.02. The predicted octanol–water partition coefficient (Wildman–Crippen LogP) is 2.31. The molecule has 24 heavy (non-hydrogen) atoms. The summed E-state index contributed by atoms with van der Waals surface area (Å²) in [5.41, 5.74) is 5.12. The number of hydrogen-bond donors (Lipinski definition) is 2. The summed E-state index contributed by atoms with van der Waals surface area (Å²) < 4.78 is 39.2. The minimum Gasteiger partial charge on any atom is -0.490 e. The van der Waals surface area contributed by atoms with Crippen LogP contribution in [0.3, 0.4) is 0 Å². The Morgan fingerprint density at radius 3 is 2.46 bits per heavy atom. The topological polar surface area (TPSA) is 90.7 Å². The van der Waals surface area contributed by atoms with E-state index in [1.165, 1.54) is 12.1 Å². The predicted molar refractivity (Wildman–Crippen MR) is 96.5 cm³/mol. The van der Waals surface area contributed by atoms with Crippen LogP contribution in [0, 0.1) is 5.92 Å². The summed E-state index contributed by atoms with van der Waals surface area (Å²) in [5.74, 6) is 1.36. The molecular weight excluding hydrogens is 352 g/mol. The third-order valence-corrected chi connectivity index (χ3v) is 5.36. The third-order valence-electron chi connectivity index (χ3n) is 3.72. The fourth-order valence-corrected chi connectivity index (χ4v) is 4.20. The van der Waals surface area contributed by atoms with E-state index in [0.29, 0.717) is 37.1 Å². The van der Waals surface area contributed by atoms with E-state index in [9.17, 15) is 8.42 Å². The zero-order chi connectivity index (χ0) is 17.1. The number of hydrogen-bond acceptors (Lipinski definition) is 5. The van der Waals surface area contributed by atoms with E-state index in [2.05, 4.69) is 4.72 Å². The van der Waals surface area contributed by atoms with Gasteiger partial charge in [-0.05, 0) is 31.4 Å². The van der Waals surface area contributed by atoms with Crippen LogP contribution in [-0.2, 0) is 10.0 Å². The molecule has 1 aromatic carbocycles. The lowest BCUT2D eigenvalue weighted by molar-refractivity contribution is 0.296. The lowest BCUT2D eigenvalue weighted by Gasteiger charge is -2.30. The summed E-state index contributed by atoms with van der Waals surface area (Å²) in [5, 5.41) is 0. The Labute approximate surface area is 150 Å². The van der Waals surface area contributed by atoms with E-state index in [-0.39, 0.29) is 23.8 Å². The standard InChI is InChI=1S/C16H26N2O4S.ClH/c1-12(2)10-16(3,11-17)18-23(19,20)13-5-6-14-15(9-13)22-8-4-7-21-14;/h5-6,9,12,18H,4,7-8,10-11,17H2,1-3H3;1H. The first-order valence-electron chi connectivity index (χ1n) is 7.89. The van der Waals surface area contributed by atoms with Crippen molar-refractivity contribution in [2.24, 2.45) is 11.7 Å². The van der Waals surface area contributed by atoms with Crippen molar-refractivity contribution in [2.45, 2.75) is 44.0 Å². The lowest BCUT2D eigenvalue weighted by Crippen LogP contribution is -2.51. The normalized spacial score (nSPS) is 16.9. The summed E-state index contributed by atoms with van der Waals surface area (Å²) in [6.07, 6.45) is 1.43. The second kappa shape index (κ2) is 8.38. The van der Waals surface area contributed by atoms with Crippen molar-refractivity contribution < 1.29 is 17.9 Å². The molecule has 0 saturated carbocycles. The lowest BCUT2D eigenvalue weighted by atomic mass is 9.92. The average Bonchev–Trinajstić information content (AvgIpc) is 2.70. The first-order chi connectivity index (χ1) is 10.8. The van der Waals surface area contributed by atoms with Crippen LogP contribution < -0.4 is 19.9 Å². The van der Waals surface area contributed by atoms with Crippen LogP contribution in [0.2, 0.25) is 0 Å². The van der Waals surface area contributed by atoms with E-state index in [0.717, 1.165) is 6.42 Å². The molecule has 0 radical (unpaired) electrons. The highest BCUT2D eigenvalue weighted by Crippen LogP contribution is 2.32. The van der Waals surface area contributed by atoms with Crippen LogP contribution in [0.25, 0.3) is 0 Å². The van der Waals surface area contributed by atoms with Crippen molar-refractivity contribution in [3.63, 3.8) is 0 Å². The number of benzene rings is 1. The molecule has 0 fully saturated rings. The maximum Gasteiger partial charge on any atom is 0.241 e. The molecule has 1 aromatic rings. The Morgan fingerprint density at radius 1 is 1.25 bits per heavy atom. The Morgan fingerprint density at radius 2 is 1.88 bits per heavy atom. The molecule has 3 N–H and O–H groups in total. The molecule has 1 atom stereocenters. The van der Waals surface area contributed by atoms with Crippen molar-refractivity contribution in [3.05, 3.63) is 18.2 Å². The van der Waals surface area contributed by atoms with Gasteiger partial charge in [-0.25, -0.2) is 13.1 Å². The van der Waals surface area contributed by atoms with Crippen molar-refractivity contribution in [1.29, 1.82) is 0 Å². The van der Waals surface area contributed by atoms with Crippen LogP contribution in [0.5, 0.6) is 11.5 Å². The van der Waals surface area contributed by atoms with E-state index in [1.54, 1.807) is 6.07 Å². The monoisotopic (exact) mass is 378 g/mol. The molecule has 0 saturated heterocycles. The fraction of sp³-hybridized carbons (Fsp3) is 0.625. The molecule has 138 valence electrons. The highest BCUT2D eigenvalue weighted by Gasteiger charge is 2.30. The van der Waals surface area contributed by atoms with Gasteiger partial charge >= 0.3 is 0 Å².